The quantitative estimate of drug-likeness (QED) is 0.880. The lowest BCUT2D eigenvalue weighted by Crippen LogP contribution is -2.31. The molecule has 8 heteroatoms. The Hall–Kier alpha value is -1.41. The van der Waals surface area contributed by atoms with Crippen LogP contribution in [0, 0.1) is 6.92 Å². The summed E-state index contributed by atoms with van der Waals surface area (Å²) in [5.41, 5.74) is 0.526. The molecule has 2 aromatic heterocycles. The molecule has 1 unspecified atom stereocenters. The zero-order valence-corrected chi connectivity index (χ0v) is 12.9. The average molecular weight is 309 g/mol. The smallest absolute Gasteiger partial charge is 0.273 e. The van der Waals surface area contributed by atoms with Crippen LogP contribution in [-0.2, 0) is 0 Å². The minimum atomic E-state index is -0.0353. The molecule has 1 amide bonds. The van der Waals surface area contributed by atoms with Crippen LogP contribution in [0.2, 0.25) is 0 Å². The van der Waals surface area contributed by atoms with Gasteiger partial charge in [-0.25, -0.2) is 9.97 Å². The number of H-pyrrole nitrogens is 1. The van der Waals surface area contributed by atoms with Crippen molar-refractivity contribution in [2.24, 2.45) is 0 Å². The second kappa shape index (κ2) is 5.53. The van der Waals surface area contributed by atoms with Crippen molar-refractivity contribution in [1.82, 2.24) is 25.1 Å². The van der Waals surface area contributed by atoms with Crippen LogP contribution in [0.3, 0.4) is 0 Å². The molecule has 0 bridgehead atoms. The van der Waals surface area contributed by atoms with Crippen molar-refractivity contribution in [3.63, 3.8) is 0 Å². The Bertz CT molecular complexity index is 623. The number of likely N-dealkylation sites (tertiary alicyclic amines) is 1. The Labute approximate surface area is 125 Å². The lowest BCUT2D eigenvalue weighted by atomic mass is 10.2. The molecule has 0 saturated carbocycles. The molecule has 6 nitrogen and oxygen atoms in total. The number of rotatable bonds is 3. The van der Waals surface area contributed by atoms with Crippen molar-refractivity contribution in [1.29, 1.82) is 0 Å². The first-order valence-corrected chi connectivity index (χ1v) is 8.49. The summed E-state index contributed by atoms with van der Waals surface area (Å²) < 4.78 is 0.915. The number of aryl methyl sites for hydroxylation is 1. The average Bonchev–Trinajstić information content (AvgIpc) is 3.17. The summed E-state index contributed by atoms with van der Waals surface area (Å²) in [6, 6.07) is -0.0353. The molecule has 0 aliphatic carbocycles. The molecule has 3 heterocycles. The third kappa shape index (κ3) is 2.45. The molecule has 1 aliphatic rings. The van der Waals surface area contributed by atoms with Gasteiger partial charge in [0.2, 0.25) is 0 Å². The Morgan fingerprint density at radius 2 is 2.40 bits per heavy atom. The van der Waals surface area contributed by atoms with Gasteiger partial charge >= 0.3 is 0 Å². The Balaban J connectivity index is 1.83. The number of hydrogen-bond acceptors (Lipinski definition) is 6. The molecule has 1 saturated heterocycles. The van der Waals surface area contributed by atoms with Gasteiger partial charge < -0.3 is 4.90 Å². The maximum absolute atomic E-state index is 12.6. The molecule has 3 rings (SSSR count). The summed E-state index contributed by atoms with van der Waals surface area (Å²) in [6.07, 6.45) is 3.84. The minimum Gasteiger partial charge on any atom is -0.327 e. The van der Waals surface area contributed by atoms with E-state index < -0.39 is 0 Å². The molecule has 0 aromatic carbocycles. The van der Waals surface area contributed by atoms with Gasteiger partial charge in [-0.3, -0.25) is 9.89 Å². The number of hydrogen-bond donors (Lipinski definition) is 1. The zero-order valence-electron chi connectivity index (χ0n) is 11.3. The lowest BCUT2D eigenvalue weighted by Gasteiger charge is -2.21. The number of carbonyl (C=O) groups is 1. The van der Waals surface area contributed by atoms with Crippen LogP contribution < -0.4 is 0 Å². The maximum atomic E-state index is 12.6. The minimum absolute atomic E-state index is 0.0218. The molecule has 0 radical (unpaired) electrons. The van der Waals surface area contributed by atoms with E-state index in [4.69, 9.17) is 0 Å². The van der Waals surface area contributed by atoms with Gasteiger partial charge in [0, 0.05) is 11.9 Å². The van der Waals surface area contributed by atoms with Gasteiger partial charge in [0.25, 0.3) is 5.91 Å². The van der Waals surface area contributed by atoms with Crippen LogP contribution in [0.5, 0.6) is 0 Å². The predicted molar refractivity (Wildman–Crippen MR) is 78.0 cm³/mol. The van der Waals surface area contributed by atoms with Crippen LogP contribution in [0.4, 0.5) is 0 Å². The summed E-state index contributed by atoms with van der Waals surface area (Å²) >= 11 is 3.06. The van der Waals surface area contributed by atoms with E-state index in [0.717, 1.165) is 29.6 Å². The first kappa shape index (κ1) is 13.6. The fourth-order valence-corrected chi connectivity index (χ4v) is 3.62. The first-order chi connectivity index (χ1) is 9.69. The number of thioether (sulfide) groups is 1. The summed E-state index contributed by atoms with van der Waals surface area (Å²) in [5, 5.41) is 8.86. The SMILES string of the molecule is CSc1nc(C(=O)N2CCCC2c2n[nH]c(C)n2)cs1. The highest BCUT2D eigenvalue weighted by atomic mass is 32.2. The van der Waals surface area contributed by atoms with Gasteiger partial charge in [0.15, 0.2) is 5.82 Å². The van der Waals surface area contributed by atoms with Crippen molar-refractivity contribution in [3.8, 4) is 0 Å². The van der Waals surface area contributed by atoms with Crippen molar-refractivity contribution in [3.05, 3.63) is 22.7 Å². The van der Waals surface area contributed by atoms with Gasteiger partial charge in [0.1, 0.15) is 15.9 Å². The molecule has 0 spiro atoms. The van der Waals surface area contributed by atoms with Gasteiger partial charge in [-0.2, -0.15) is 5.10 Å². The van der Waals surface area contributed by atoms with E-state index in [1.165, 1.54) is 11.3 Å². The van der Waals surface area contributed by atoms with Crippen molar-refractivity contribution >= 4 is 29.0 Å². The van der Waals surface area contributed by atoms with Crippen LogP contribution in [0.1, 0.15) is 41.0 Å². The maximum Gasteiger partial charge on any atom is 0.273 e. The fourth-order valence-electron chi connectivity index (χ4n) is 2.38. The van der Waals surface area contributed by atoms with Crippen LogP contribution in [0.25, 0.3) is 0 Å². The fraction of sp³-hybridized carbons (Fsp3) is 0.500. The topological polar surface area (TPSA) is 74.8 Å². The standard InChI is InChI=1S/C12H15N5OS2/c1-7-13-10(16-15-7)9-4-3-5-17(9)11(18)8-6-20-12(14-8)19-2/h6,9H,3-5H2,1-2H3,(H,13,15,16). The monoisotopic (exact) mass is 309 g/mol. The van der Waals surface area contributed by atoms with Gasteiger partial charge in [-0.1, -0.05) is 11.8 Å². The summed E-state index contributed by atoms with van der Waals surface area (Å²) in [6.45, 7) is 2.60. The summed E-state index contributed by atoms with van der Waals surface area (Å²) in [4.78, 5) is 23.1. The highest BCUT2D eigenvalue weighted by molar-refractivity contribution is 8.00. The molecule has 106 valence electrons. The van der Waals surface area contributed by atoms with E-state index in [0.29, 0.717) is 11.5 Å². The predicted octanol–water partition coefficient (Wildman–Crippen LogP) is 2.27. The number of aromatic amines is 1. The van der Waals surface area contributed by atoms with Crippen LogP contribution in [0.15, 0.2) is 9.72 Å². The van der Waals surface area contributed by atoms with E-state index >= 15 is 0 Å². The Morgan fingerprint density at radius 1 is 1.55 bits per heavy atom. The van der Waals surface area contributed by atoms with Gasteiger partial charge in [-0.15, -0.1) is 11.3 Å². The third-order valence-corrected chi connectivity index (χ3v) is 5.17. The van der Waals surface area contributed by atoms with E-state index in [2.05, 4.69) is 20.2 Å². The van der Waals surface area contributed by atoms with Gasteiger partial charge in [-0.05, 0) is 26.0 Å². The third-order valence-electron chi connectivity index (χ3n) is 3.30. The van der Waals surface area contributed by atoms with Gasteiger partial charge in [0.05, 0.1) is 6.04 Å². The normalized spacial score (nSPS) is 18.7. The van der Waals surface area contributed by atoms with Crippen molar-refractivity contribution < 1.29 is 4.79 Å². The molecule has 1 N–H and O–H groups in total. The second-order valence-corrected chi connectivity index (χ2v) is 6.55. The summed E-state index contributed by atoms with van der Waals surface area (Å²) in [7, 11) is 0. The number of nitrogens with one attached hydrogen (secondary N) is 1. The highest BCUT2D eigenvalue weighted by Gasteiger charge is 2.34. The van der Waals surface area contributed by atoms with Crippen molar-refractivity contribution in [2.45, 2.75) is 30.1 Å². The largest absolute Gasteiger partial charge is 0.327 e. The first-order valence-electron chi connectivity index (χ1n) is 6.38. The van der Waals surface area contributed by atoms with E-state index in [1.54, 1.807) is 11.8 Å². The van der Waals surface area contributed by atoms with E-state index in [9.17, 15) is 4.79 Å². The number of aromatic nitrogens is 4. The van der Waals surface area contributed by atoms with Crippen LogP contribution >= 0.6 is 23.1 Å². The van der Waals surface area contributed by atoms with Crippen LogP contribution in [-0.4, -0.2) is 43.8 Å². The van der Waals surface area contributed by atoms with E-state index in [-0.39, 0.29) is 11.9 Å². The molecule has 1 fully saturated rings. The zero-order chi connectivity index (χ0) is 14.1. The Kier molecular flexibility index (Phi) is 3.75. The number of amides is 1. The molecular formula is C12H15N5OS2. The molecule has 1 atom stereocenters. The number of carbonyl (C=O) groups excluding carboxylic acids is 1. The molecule has 1 aliphatic heterocycles. The summed E-state index contributed by atoms with van der Waals surface area (Å²) in [5.74, 6) is 1.46. The second-order valence-electron chi connectivity index (χ2n) is 4.64. The lowest BCUT2D eigenvalue weighted by molar-refractivity contribution is 0.0724. The molecule has 20 heavy (non-hydrogen) atoms. The molecular weight excluding hydrogens is 294 g/mol. The molecule has 2 aromatic rings. The van der Waals surface area contributed by atoms with E-state index in [1.807, 2.05) is 23.5 Å². The number of thiazole rings is 1. The van der Waals surface area contributed by atoms with Crippen molar-refractivity contribution in [2.75, 3.05) is 12.8 Å². The Morgan fingerprint density at radius 3 is 3.05 bits per heavy atom. The highest BCUT2D eigenvalue weighted by Crippen LogP contribution is 2.31. The number of nitrogens with zero attached hydrogens (tertiary/aromatic N) is 4.